The molecule has 1 aromatic carbocycles. The zero-order valence-electron chi connectivity index (χ0n) is 12.9. The monoisotopic (exact) mass is 312 g/mol. The van der Waals surface area contributed by atoms with Gasteiger partial charge in [-0.3, -0.25) is 4.57 Å². The summed E-state index contributed by atoms with van der Waals surface area (Å²) in [5, 5.41) is 3.05. The van der Waals surface area contributed by atoms with E-state index in [1.807, 2.05) is 31.3 Å². The van der Waals surface area contributed by atoms with Crippen LogP contribution in [-0.2, 0) is 4.57 Å². The van der Waals surface area contributed by atoms with Gasteiger partial charge < -0.3 is 20.0 Å². The molecule has 0 bridgehead atoms. The van der Waals surface area contributed by atoms with Gasteiger partial charge in [-0.15, -0.1) is 0 Å². The lowest BCUT2D eigenvalue weighted by Crippen LogP contribution is -2.24. The van der Waals surface area contributed by atoms with Crippen molar-refractivity contribution in [1.82, 2.24) is 5.32 Å². The summed E-state index contributed by atoms with van der Waals surface area (Å²) in [6.45, 7) is 5.80. The number of anilines is 1. The summed E-state index contributed by atoms with van der Waals surface area (Å²) in [6.07, 6.45) is 2.64. The Morgan fingerprint density at radius 1 is 1.29 bits per heavy atom. The minimum Gasteiger partial charge on any atom is -0.382 e. The summed E-state index contributed by atoms with van der Waals surface area (Å²) >= 11 is 0. The first-order chi connectivity index (χ1) is 9.89. The van der Waals surface area contributed by atoms with E-state index in [2.05, 4.69) is 24.1 Å². The molecule has 1 aliphatic heterocycles. The molecule has 0 saturated carbocycles. The molecule has 0 radical (unpaired) electrons. The van der Waals surface area contributed by atoms with Crippen molar-refractivity contribution < 1.29 is 14.4 Å². The fourth-order valence-corrected chi connectivity index (χ4v) is 2.46. The molecular weight excluding hydrogens is 287 g/mol. The number of nitrogens with one attached hydrogen (secondary N) is 1. The number of para-hydroxylation sites is 1. The standard InChI is InChI=1S/C11H15N2O3P.C4H10/c1-13-7-6-12-10(8-17(14,15)16)9-4-2-3-5-11(9)13;1-3-4-2/h2-5,8,12H,6-7H2,1H3,(H2,14,15,16);3-4H2,1-2H3/b10-8-;. The highest BCUT2D eigenvalue weighted by atomic mass is 31.2. The van der Waals surface area contributed by atoms with Crippen LogP contribution in [0, 0.1) is 0 Å². The van der Waals surface area contributed by atoms with Crippen LogP contribution in [-0.4, -0.2) is 29.9 Å². The summed E-state index contributed by atoms with van der Waals surface area (Å²) in [5.41, 5.74) is 2.28. The van der Waals surface area contributed by atoms with Gasteiger partial charge in [0.15, 0.2) is 0 Å². The maximum absolute atomic E-state index is 11.1. The molecule has 0 aliphatic carbocycles. The highest BCUT2D eigenvalue weighted by Gasteiger charge is 2.18. The predicted octanol–water partition coefficient (Wildman–Crippen LogP) is 3.01. The van der Waals surface area contributed by atoms with E-state index < -0.39 is 7.60 Å². The smallest absolute Gasteiger partial charge is 0.351 e. The summed E-state index contributed by atoms with van der Waals surface area (Å²) in [5.74, 6) is 0.991. The SMILES string of the molecule is CCCC.CN1CCN/C(=C\P(=O)(O)O)c2ccccc21. The predicted molar refractivity (Wildman–Crippen MR) is 88.3 cm³/mol. The third-order valence-corrected chi connectivity index (χ3v) is 3.76. The quantitative estimate of drug-likeness (QED) is 0.732. The Hall–Kier alpha value is -1.29. The number of fused-ring (bicyclic) bond motifs is 1. The number of nitrogens with zero attached hydrogens (tertiary/aromatic N) is 1. The Balaban J connectivity index is 0.000000491. The van der Waals surface area contributed by atoms with Crippen molar-refractivity contribution in [3.63, 3.8) is 0 Å². The lowest BCUT2D eigenvalue weighted by molar-refractivity contribution is 0.386. The molecule has 0 saturated heterocycles. The molecule has 0 aromatic heterocycles. The van der Waals surface area contributed by atoms with E-state index in [-0.39, 0.29) is 0 Å². The van der Waals surface area contributed by atoms with Gasteiger partial charge in [0.05, 0.1) is 11.5 Å². The average molecular weight is 312 g/mol. The fraction of sp³-hybridized carbons (Fsp3) is 0.467. The van der Waals surface area contributed by atoms with Crippen LogP contribution in [0.25, 0.3) is 5.70 Å². The molecule has 0 unspecified atom stereocenters. The van der Waals surface area contributed by atoms with Gasteiger partial charge in [0, 0.05) is 31.4 Å². The van der Waals surface area contributed by atoms with Gasteiger partial charge in [0.25, 0.3) is 0 Å². The van der Waals surface area contributed by atoms with E-state index in [1.54, 1.807) is 0 Å². The van der Waals surface area contributed by atoms with Gasteiger partial charge in [-0.25, -0.2) is 0 Å². The summed E-state index contributed by atoms with van der Waals surface area (Å²) in [6, 6.07) is 7.56. The van der Waals surface area contributed by atoms with Crippen molar-refractivity contribution in [2.45, 2.75) is 26.7 Å². The van der Waals surface area contributed by atoms with Crippen LogP contribution in [0.1, 0.15) is 32.3 Å². The Morgan fingerprint density at radius 3 is 2.48 bits per heavy atom. The first kappa shape index (κ1) is 17.8. The minimum atomic E-state index is -4.17. The molecule has 0 spiro atoms. The first-order valence-electron chi connectivity index (χ1n) is 7.21. The van der Waals surface area contributed by atoms with Gasteiger partial charge >= 0.3 is 7.60 Å². The Labute approximate surface area is 126 Å². The summed E-state index contributed by atoms with van der Waals surface area (Å²) in [4.78, 5) is 20.1. The number of unbranched alkanes of at least 4 members (excludes halogenated alkanes) is 1. The van der Waals surface area contributed by atoms with Gasteiger partial charge in [0.1, 0.15) is 0 Å². The highest BCUT2D eigenvalue weighted by Crippen LogP contribution is 2.40. The van der Waals surface area contributed by atoms with Gasteiger partial charge in [-0.2, -0.15) is 0 Å². The molecule has 2 rings (SSSR count). The molecular formula is C15H25N2O3P. The average Bonchev–Trinajstić information content (AvgIpc) is 2.59. The van der Waals surface area contributed by atoms with Gasteiger partial charge in [0.2, 0.25) is 0 Å². The normalized spacial score (nSPS) is 16.4. The zero-order chi connectivity index (χ0) is 15.9. The van der Waals surface area contributed by atoms with Gasteiger partial charge in [-0.05, 0) is 6.07 Å². The van der Waals surface area contributed by atoms with Crippen LogP contribution in [0.15, 0.2) is 30.1 Å². The molecule has 118 valence electrons. The maximum atomic E-state index is 11.1. The second kappa shape index (κ2) is 8.23. The lowest BCUT2D eigenvalue weighted by Gasteiger charge is -2.18. The van der Waals surface area contributed by atoms with Crippen molar-refractivity contribution in [2.75, 3.05) is 25.0 Å². The third-order valence-electron chi connectivity index (χ3n) is 3.17. The molecule has 0 amide bonds. The highest BCUT2D eigenvalue weighted by molar-refractivity contribution is 7.55. The van der Waals surface area contributed by atoms with E-state index >= 15 is 0 Å². The molecule has 6 heteroatoms. The van der Waals surface area contributed by atoms with Crippen LogP contribution < -0.4 is 10.2 Å². The maximum Gasteiger partial charge on any atom is 0.351 e. The molecule has 1 aromatic rings. The van der Waals surface area contributed by atoms with Crippen molar-refractivity contribution >= 4 is 19.0 Å². The number of rotatable bonds is 2. The summed E-state index contributed by atoms with van der Waals surface area (Å²) < 4.78 is 11.1. The second-order valence-electron chi connectivity index (χ2n) is 5.00. The molecule has 21 heavy (non-hydrogen) atoms. The largest absolute Gasteiger partial charge is 0.382 e. The van der Waals surface area contributed by atoms with Crippen molar-refractivity contribution in [1.29, 1.82) is 0 Å². The van der Waals surface area contributed by atoms with Crippen LogP contribution in [0.3, 0.4) is 0 Å². The Kier molecular flexibility index (Phi) is 6.96. The minimum absolute atomic E-state index is 0.498. The molecule has 3 N–H and O–H groups in total. The Morgan fingerprint density at radius 2 is 1.90 bits per heavy atom. The molecule has 0 atom stereocenters. The van der Waals surface area contributed by atoms with E-state index in [4.69, 9.17) is 9.79 Å². The van der Waals surface area contributed by atoms with Crippen molar-refractivity contribution in [3.05, 3.63) is 35.6 Å². The summed E-state index contributed by atoms with van der Waals surface area (Å²) in [7, 11) is -2.21. The topological polar surface area (TPSA) is 72.8 Å². The molecule has 1 aliphatic rings. The van der Waals surface area contributed by atoms with Crippen LogP contribution in [0.2, 0.25) is 0 Å². The van der Waals surface area contributed by atoms with Crippen LogP contribution in [0.5, 0.6) is 0 Å². The zero-order valence-corrected chi connectivity index (χ0v) is 13.8. The molecule has 1 heterocycles. The van der Waals surface area contributed by atoms with Crippen LogP contribution in [0.4, 0.5) is 5.69 Å². The second-order valence-corrected chi connectivity index (χ2v) is 6.43. The Bertz CT molecular complexity index is 523. The number of benzene rings is 1. The molecule has 5 nitrogen and oxygen atoms in total. The van der Waals surface area contributed by atoms with Crippen molar-refractivity contribution in [3.8, 4) is 0 Å². The van der Waals surface area contributed by atoms with E-state index in [9.17, 15) is 4.57 Å². The van der Waals surface area contributed by atoms with E-state index in [0.717, 1.165) is 23.6 Å². The lowest BCUT2D eigenvalue weighted by atomic mass is 10.1. The number of hydrogen-bond donors (Lipinski definition) is 3. The van der Waals surface area contributed by atoms with Crippen molar-refractivity contribution in [2.24, 2.45) is 0 Å². The molecule has 0 fully saturated rings. The van der Waals surface area contributed by atoms with Crippen LogP contribution >= 0.6 is 7.60 Å². The number of likely N-dealkylation sites (N-methyl/N-ethyl adjacent to an activating group) is 1. The van der Waals surface area contributed by atoms with E-state index in [1.165, 1.54) is 12.8 Å². The van der Waals surface area contributed by atoms with Gasteiger partial charge in [-0.1, -0.05) is 44.9 Å². The van der Waals surface area contributed by atoms with E-state index in [0.29, 0.717) is 12.2 Å². The third kappa shape index (κ3) is 5.92. The first-order valence-corrected chi connectivity index (χ1v) is 8.89. The number of hydrogen-bond acceptors (Lipinski definition) is 3. The fourth-order valence-electron chi connectivity index (χ4n) is 1.89.